The van der Waals surface area contributed by atoms with Gasteiger partial charge in [-0.05, 0) is 59.7 Å². The molecule has 0 amide bonds. The van der Waals surface area contributed by atoms with Crippen molar-refractivity contribution in [3.05, 3.63) is 33.8 Å². The Balaban J connectivity index is 1.77. The monoisotopic (exact) mass is 370 g/mol. The predicted octanol–water partition coefficient (Wildman–Crippen LogP) is 3.52. The van der Waals surface area contributed by atoms with Gasteiger partial charge in [0.15, 0.2) is 0 Å². The van der Waals surface area contributed by atoms with E-state index in [2.05, 4.69) is 37.8 Å². The lowest BCUT2D eigenvalue weighted by molar-refractivity contribution is 0.116. The van der Waals surface area contributed by atoms with Gasteiger partial charge in [-0.2, -0.15) is 5.26 Å². The largest absolute Gasteiger partial charge is 0.443 e. The normalized spacial score (nSPS) is 30.6. The van der Waals surface area contributed by atoms with Crippen molar-refractivity contribution in [2.45, 2.75) is 52.0 Å². The topological polar surface area (TPSA) is 74.6 Å². The van der Waals surface area contributed by atoms with E-state index >= 15 is 0 Å². The number of hydrogen-bond acceptors (Lipinski definition) is 6. The molecule has 4 aliphatic heterocycles. The van der Waals surface area contributed by atoms with Crippen molar-refractivity contribution in [2.24, 2.45) is 22.1 Å². The number of fused-ring (bicyclic) bond motifs is 3. The summed E-state index contributed by atoms with van der Waals surface area (Å²) in [7, 11) is 0. The fourth-order valence-corrected chi connectivity index (χ4v) is 6.50. The van der Waals surface area contributed by atoms with Gasteiger partial charge < -0.3 is 15.4 Å². The van der Waals surface area contributed by atoms with Crippen LogP contribution in [-0.2, 0) is 4.74 Å². The predicted molar refractivity (Wildman–Crippen MR) is 105 cm³/mol. The third-order valence-electron chi connectivity index (χ3n) is 6.16. The van der Waals surface area contributed by atoms with E-state index in [-0.39, 0.29) is 16.7 Å². The van der Waals surface area contributed by atoms with Gasteiger partial charge in [0.05, 0.1) is 5.92 Å². The number of aliphatic imine (C=N–C) groups is 1. The molecule has 0 radical (unpaired) electrons. The zero-order valence-corrected chi connectivity index (χ0v) is 16.7. The van der Waals surface area contributed by atoms with Crippen molar-refractivity contribution in [2.75, 3.05) is 13.1 Å². The zero-order valence-electron chi connectivity index (χ0n) is 15.9. The van der Waals surface area contributed by atoms with Crippen LogP contribution in [0, 0.1) is 22.7 Å². The number of hydrogen-bond donors (Lipinski definition) is 1. The first-order valence-electron chi connectivity index (χ1n) is 9.33. The van der Waals surface area contributed by atoms with Crippen LogP contribution in [-0.4, -0.2) is 35.1 Å². The first-order valence-corrected chi connectivity index (χ1v) is 10.2. The van der Waals surface area contributed by atoms with Crippen LogP contribution in [0.1, 0.15) is 40.5 Å². The molecule has 4 aliphatic rings. The molecule has 2 N–H and O–H groups in total. The maximum Gasteiger partial charge on any atom is 0.205 e. The van der Waals surface area contributed by atoms with E-state index in [9.17, 15) is 5.26 Å². The van der Waals surface area contributed by atoms with Gasteiger partial charge in [0.25, 0.3) is 0 Å². The van der Waals surface area contributed by atoms with Crippen LogP contribution in [0.4, 0.5) is 0 Å². The van der Waals surface area contributed by atoms with Crippen LogP contribution in [0.2, 0.25) is 0 Å². The molecular formula is C20H26N4OS. The Morgan fingerprint density at radius 2 is 2.08 bits per heavy atom. The van der Waals surface area contributed by atoms with Crippen LogP contribution in [0.3, 0.4) is 0 Å². The number of nitrogens with zero attached hydrogens (tertiary/aromatic N) is 3. The van der Waals surface area contributed by atoms with E-state index < -0.39 is 0 Å². The molecule has 0 aromatic carbocycles. The summed E-state index contributed by atoms with van der Waals surface area (Å²) in [4.78, 5) is 8.52. The Bertz CT molecular complexity index is 806. The number of nitrogens with two attached hydrogens (primary N) is 1. The summed E-state index contributed by atoms with van der Waals surface area (Å²) >= 11 is 1.79. The Morgan fingerprint density at radius 1 is 1.38 bits per heavy atom. The molecule has 0 aromatic rings. The summed E-state index contributed by atoms with van der Waals surface area (Å²) in [5.74, 6) is 1.38. The SMILES string of the molecule is CC1=CC(C)=NC2SC3=C(OC(N)=C(C#N)C34CCN(C(C)C)CC4)C12. The van der Waals surface area contributed by atoms with Crippen LogP contribution >= 0.6 is 11.8 Å². The Labute approximate surface area is 159 Å². The number of rotatable bonds is 1. The summed E-state index contributed by atoms with van der Waals surface area (Å²) in [6.45, 7) is 10.6. The number of thioether (sulfide) groups is 1. The van der Waals surface area contributed by atoms with Crippen LogP contribution in [0.5, 0.6) is 0 Å². The molecule has 0 aromatic heterocycles. The highest BCUT2D eigenvalue weighted by atomic mass is 32.2. The van der Waals surface area contributed by atoms with E-state index in [4.69, 9.17) is 15.5 Å². The minimum Gasteiger partial charge on any atom is -0.443 e. The number of allylic oxidation sites excluding steroid dienone is 3. The van der Waals surface area contributed by atoms with E-state index in [1.54, 1.807) is 11.8 Å². The molecular weight excluding hydrogens is 344 g/mol. The second-order valence-electron chi connectivity index (χ2n) is 8.00. The lowest BCUT2D eigenvalue weighted by Gasteiger charge is -2.45. The van der Waals surface area contributed by atoms with Gasteiger partial charge in [-0.1, -0.05) is 17.3 Å². The Morgan fingerprint density at radius 3 is 2.69 bits per heavy atom. The van der Waals surface area contributed by atoms with Gasteiger partial charge in [0.1, 0.15) is 22.8 Å². The molecule has 0 aliphatic carbocycles. The number of ether oxygens (including phenoxy) is 1. The van der Waals surface area contributed by atoms with Gasteiger partial charge in [0.2, 0.25) is 5.88 Å². The quantitative estimate of drug-likeness (QED) is 0.764. The number of nitriles is 1. The molecule has 4 heterocycles. The molecule has 1 fully saturated rings. The Kier molecular flexibility index (Phi) is 4.20. The van der Waals surface area contributed by atoms with Gasteiger partial charge >= 0.3 is 0 Å². The second-order valence-corrected chi connectivity index (χ2v) is 9.13. The standard InChI is InChI=1S/C20H26N4OS/c1-11(2)24-7-5-20(6-8-24)14(10-21)18(22)25-16-15-12(3)9-13(4)23-19(15)26-17(16)20/h9,11,15,19H,5-8,22H2,1-4H3. The van der Waals surface area contributed by atoms with Crippen molar-refractivity contribution in [3.63, 3.8) is 0 Å². The molecule has 0 saturated carbocycles. The summed E-state index contributed by atoms with van der Waals surface area (Å²) in [5.41, 5.74) is 8.90. The first kappa shape index (κ1) is 17.7. The van der Waals surface area contributed by atoms with Crippen LogP contribution < -0.4 is 5.73 Å². The summed E-state index contributed by atoms with van der Waals surface area (Å²) in [6, 6.07) is 2.90. The number of dihydropyridines is 1. The lowest BCUT2D eigenvalue weighted by atomic mass is 9.70. The molecule has 1 spiro atoms. The van der Waals surface area contributed by atoms with Gasteiger partial charge in [-0.3, -0.25) is 4.99 Å². The Hall–Kier alpha value is -1.71. The van der Waals surface area contributed by atoms with Gasteiger partial charge in [-0.25, -0.2) is 0 Å². The first-order chi connectivity index (χ1) is 12.4. The highest BCUT2D eigenvalue weighted by Gasteiger charge is 2.54. The maximum atomic E-state index is 9.87. The highest BCUT2D eigenvalue weighted by molar-refractivity contribution is 8.04. The molecule has 1 saturated heterocycles. The minimum absolute atomic E-state index is 0.107. The smallest absolute Gasteiger partial charge is 0.205 e. The fourth-order valence-electron chi connectivity index (χ4n) is 4.75. The maximum absolute atomic E-state index is 9.87. The third-order valence-corrected chi connectivity index (χ3v) is 7.61. The summed E-state index contributed by atoms with van der Waals surface area (Å²) in [6.07, 6.45) is 3.96. The lowest BCUT2D eigenvalue weighted by Crippen LogP contribution is -2.46. The van der Waals surface area contributed by atoms with E-state index in [1.165, 1.54) is 10.5 Å². The van der Waals surface area contributed by atoms with Gasteiger partial charge in [0, 0.05) is 22.1 Å². The zero-order chi connectivity index (χ0) is 18.6. The van der Waals surface area contributed by atoms with Crippen molar-refractivity contribution in [3.8, 4) is 6.07 Å². The molecule has 26 heavy (non-hydrogen) atoms. The number of piperidine rings is 1. The van der Waals surface area contributed by atoms with Crippen molar-refractivity contribution < 1.29 is 4.74 Å². The molecule has 0 bridgehead atoms. The molecule has 2 unspecified atom stereocenters. The summed E-state index contributed by atoms with van der Waals surface area (Å²) < 4.78 is 6.06. The van der Waals surface area contributed by atoms with Crippen LogP contribution in [0.15, 0.2) is 38.8 Å². The molecule has 6 heteroatoms. The minimum atomic E-state index is -0.302. The van der Waals surface area contributed by atoms with E-state index in [1.807, 2.05) is 6.92 Å². The van der Waals surface area contributed by atoms with Gasteiger partial charge in [-0.15, -0.1) is 0 Å². The average Bonchev–Trinajstić information content (AvgIpc) is 2.94. The fraction of sp³-hybridized carbons (Fsp3) is 0.600. The highest BCUT2D eigenvalue weighted by Crippen LogP contribution is 2.62. The third kappa shape index (κ3) is 2.44. The molecule has 138 valence electrons. The van der Waals surface area contributed by atoms with Crippen molar-refractivity contribution in [1.82, 2.24) is 4.90 Å². The summed E-state index contributed by atoms with van der Waals surface area (Å²) in [5, 5.41) is 9.98. The molecule has 2 atom stereocenters. The molecule has 4 rings (SSSR count). The molecule has 5 nitrogen and oxygen atoms in total. The van der Waals surface area contributed by atoms with Crippen LogP contribution in [0.25, 0.3) is 0 Å². The second kappa shape index (κ2) is 6.17. The number of likely N-dealkylation sites (tertiary alicyclic amines) is 1. The van der Waals surface area contributed by atoms with E-state index in [0.717, 1.165) is 37.4 Å². The van der Waals surface area contributed by atoms with E-state index in [0.29, 0.717) is 17.5 Å². The average molecular weight is 371 g/mol. The van der Waals surface area contributed by atoms with Crippen molar-refractivity contribution >= 4 is 17.5 Å². The van der Waals surface area contributed by atoms with Crippen molar-refractivity contribution in [1.29, 1.82) is 5.26 Å².